The van der Waals surface area contributed by atoms with Crippen LogP contribution in [-0.2, 0) is 5.41 Å². The van der Waals surface area contributed by atoms with Gasteiger partial charge in [0.2, 0.25) is 5.72 Å². The molecule has 0 aromatic heterocycles. The highest BCUT2D eigenvalue weighted by atomic mass is 16.5. The van der Waals surface area contributed by atoms with Crippen molar-refractivity contribution < 1.29 is 4.74 Å². The van der Waals surface area contributed by atoms with E-state index in [2.05, 4.69) is 99.4 Å². The Morgan fingerprint density at radius 3 is 2.54 bits per heavy atom. The molecule has 3 aromatic rings. The second-order valence-electron chi connectivity index (χ2n) is 8.47. The fraction of sp³-hybridized carbons (Fsp3) is 0.292. The maximum atomic E-state index is 6.74. The van der Waals surface area contributed by atoms with E-state index in [1.165, 1.54) is 22.3 Å². The summed E-state index contributed by atoms with van der Waals surface area (Å²) in [7, 11) is 6.20. The first-order chi connectivity index (χ1) is 13.3. The van der Waals surface area contributed by atoms with Crippen LogP contribution < -0.4 is 14.5 Å². The molecular formula is C24H25N3O. The number of ether oxygens (including phenoxy) is 1. The third kappa shape index (κ3) is 2.03. The van der Waals surface area contributed by atoms with Crippen molar-refractivity contribution in [2.24, 2.45) is 4.99 Å². The smallest absolute Gasteiger partial charge is 0.228 e. The maximum absolute atomic E-state index is 6.74. The average Bonchev–Trinajstić information content (AvgIpc) is 2.86. The quantitative estimate of drug-likeness (QED) is 0.594. The number of rotatable bonds is 1. The molecule has 0 saturated heterocycles. The molecular weight excluding hydrogens is 346 g/mol. The van der Waals surface area contributed by atoms with Gasteiger partial charge in [-0.1, -0.05) is 30.3 Å². The van der Waals surface area contributed by atoms with Crippen LogP contribution in [0.15, 0.2) is 59.6 Å². The normalized spacial score (nSPS) is 21.5. The molecule has 28 heavy (non-hydrogen) atoms. The lowest BCUT2D eigenvalue weighted by atomic mass is 9.77. The molecule has 2 heterocycles. The molecule has 0 fully saturated rings. The highest BCUT2D eigenvalue weighted by Crippen LogP contribution is 2.54. The number of hydrogen-bond donors (Lipinski definition) is 0. The lowest BCUT2D eigenvalue weighted by molar-refractivity contribution is 0.0826. The van der Waals surface area contributed by atoms with Gasteiger partial charge >= 0.3 is 0 Å². The van der Waals surface area contributed by atoms with Gasteiger partial charge in [-0.15, -0.1) is 0 Å². The molecule has 2 aliphatic rings. The van der Waals surface area contributed by atoms with Gasteiger partial charge in [0.05, 0.1) is 11.6 Å². The molecule has 4 nitrogen and oxygen atoms in total. The fourth-order valence-electron chi connectivity index (χ4n) is 4.65. The van der Waals surface area contributed by atoms with Crippen LogP contribution in [0.2, 0.25) is 0 Å². The molecule has 1 spiro atoms. The number of nitrogens with zero attached hydrogens (tertiary/aromatic N) is 3. The number of aliphatic imine (C=N–C) groups is 1. The van der Waals surface area contributed by atoms with E-state index in [-0.39, 0.29) is 5.41 Å². The van der Waals surface area contributed by atoms with Gasteiger partial charge in [0.25, 0.3) is 0 Å². The van der Waals surface area contributed by atoms with Crippen LogP contribution in [0, 0.1) is 0 Å². The van der Waals surface area contributed by atoms with Crippen molar-refractivity contribution in [3.63, 3.8) is 0 Å². The third-order valence-corrected chi connectivity index (χ3v) is 6.42. The Kier molecular flexibility index (Phi) is 3.36. The van der Waals surface area contributed by atoms with Crippen molar-refractivity contribution in [2.45, 2.75) is 25.0 Å². The molecule has 0 aliphatic carbocycles. The summed E-state index contributed by atoms with van der Waals surface area (Å²) in [5.74, 6) is 0.834. The van der Waals surface area contributed by atoms with E-state index in [1.54, 1.807) is 0 Å². The second kappa shape index (κ2) is 5.51. The first-order valence-electron chi connectivity index (χ1n) is 9.67. The van der Waals surface area contributed by atoms with E-state index in [0.717, 1.165) is 16.8 Å². The molecule has 142 valence electrons. The summed E-state index contributed by atoms with van der Waals surface area (Å²) >= 11 is 0. The van der Waals surface area contributed by atoms with E-state index < -0.39 is 5.72 Å². The van der Waals surface area contributed by atoms with Crippen LogP contribution in [0.4, 0.5) is 17.1 Å². The number of anilines is 2. The fourth-order valence-corrected chi connectivity index (χ4v) is 4.65. The number of benzene rings is 3. The number of para-hydroxylation sites is 1. The van der Waals surface area contributed by atoms with E-state index in [1.807, 2.05) is 6.21 Å². The van der Waals surface area contributed by atoms with Crippen LogP contribution in [0.3, 0.4) is 0 Å². The molecule has 0 N–H and O–H groups in total. The standard InChI is InChI=1S/C24H25N3O/c1-23(2)19-8-6-7-9-20(19)27(5)24(23)15-25-22-18-12-11-17(26(3)4)14-16(18)10-13-21(22)28-24/h6-15H,1-5H3. The summed E-state index contributed by atoms with van der Waals surface area (Å²) in [6, 6.07) is 19.2. The molecule has 0 bridgehead atoms. The minimum atomic E-state index is -0.638. The summed E-state index contributed by atoms with van der Waals surface area (Å²) in [5.41, 5.74) is 3.69. The predicted octanol–water partition coefficient (Wildman–Crippen LogP) is 5.12. The lowest BCUT2D eigenvalue weighted by Crippen LogP contribution is -2.61. The molecule has 0 saturated carbocycles. The molecule has 3 aromatic carbocycles. The van der Waals surface area contributed by atoms with E-state index >= 15 is 0 Å². The van der Waals surface area contributed by atoms with Crippen LogP contribution in [0.25, 0.3) is 10.8 Å². The Morgan fingerprint density at radius 1 is 1.00 bits per heavy atom. The molecule has 5 rings (SSSR count). The molecule has 2 aliphatic heterocycles. The van der Waals surface area contributed by atoms with Crippen LogP contribution >= 0.6 is 0 Å². The summed E-state index contributed by atoms with van der Waals surface area (Å²) in [6.07, 6.45) is 1.99. The number of likely N-dealkylation sites (N-methyl/N-ethyl adjacent to an activating group) is 1. The monoisotopic (exact) mass is 371 g/mol. The van der Waals surface area contributed by atoms with Crippen LogP contribution in [-0.4, -0.2) is 33.1 Å². The van der Waals surface area contributed by atoms with Crippen molar-refractivity contribution in [1.29, 1.82) is 0 Å². The predicted molar refractivity (Wildman–Crippen MR) is 118 cm³/mol. The maximum Gasteiger partial charge on any atom is 0.228 e. The van der Waals surface area contributed by atoms with Gasteiger partial charge in [-0.25, -0.2) is 0 Å². The zero-order valence-corrected chi connectivity index (χ0v) is 17.0. The van der Waals surface area contributed by atoms with Crippen LogP contribution in [0.1, 0.15) is 19.4 Å². The van der Waals surface area contributed by atoms with E-state index in [4.69, 9.17) is 9.73 Å². The largest absolute Gasteiger partial charge is 0.459 e. The average molecular weight is 371 g/mol. The number of fused-ring (bicyclic) bond motifs is 4. The van der Waals surface area contributed by atoms with Crippen molar-refractivity contribution >= 4 is 34.0 Å². The first-order valence-corrected chi connectivity index (χ1v) is 9.67. The van der Waals surface area contributed by atoms with Crippen LogP contribution in [0.5, 0.6) is 5.75 Å². The third-order valence-electron chi connectivity index (χ3n) is 6.42. The molecule has 0 radical (unpaired) electrons. The minimum absolute atomic E-state index is 0.233. The van der Waals surface area contributed by atoms with Crippen molar-refractivity contribution in [2.75, 3.05) is 30.9 Å². The Balaban J connectivity index is 1.66. The minimum Gasteiger partial charge on any atom is -0.459 e. The number of hydrogen-bond acceptors (Lipinski definition) is 4. The van der Waals surface area contributed by atoms with Gasteiger partial charge < -0.3 is 14.5 Å². The van der Waals surface area contributed by atoms with E-state index in [0.29, 0.717) is 0 Å². The lowest BCUT2D eigenvalue weighted by Gasteiger charge is -2.45. The Morgan fingerprint density at radius 2 is 1.79 bits per heavy atom. The Bertz CT molecular complexity index is 1130. The first kappa shape index (κ1) is 17.1. The van der Waals surface area contributed by atoms with Gasteiger partial charge in [-0.2, -0.15) is 0 Å². The zero-order valence-electron chi connectivity index (χ0n) is 17.0. The molecule has 1 unspecified atom stereocenters. The summed E-state index contributed by atoms with van der Waals surface area (Å²) in [6.45, 7) is 4.47. The van der Waals surface area contributed by atoms with Crippen molar-refractivity contribution in [3.05, 3.63) is 60.2 Å². The van der Waals surface area contributed by atoms with Crippen molar-refractivity contribution in [3.8, 4) is 5.75 Å². The van der Waals surface area contributed by atoms with Gasteiger partial charge in [-0.05, 0) is 49.1 Å². The molecule has 4 heteroatoms. The SMILES string of the molecule is CN(C)c1ccc2c3c(ccc2c1)OC1(C=N3)N(C)c2ccccc2C1(C)C. The Labute approximate surface area is 166 Å². The second-order valence-corrected chi connectivity index (χ2v) is 8.47. The zero-order chi connectivity index (χ0) is 19.7. The van der Waals surface area contributed by atoms with E-state index in [9.17, 15) is 0 Å². The highest BCUT2D eigenvalue weighted by Gasteiger charge is 2.58. The molecule has 1 atom stereocenters. The van der Waals surface area contributed by atoms with Gasteiger partial charge in [0, 0.05) is 37.9 Å². The van der Waals surface area contributed by atoms with Crippen molar-refractivity contribution in [1.82, 2.24) is 0 Å². The topological polar surface area (TPSA) is 28.1 Å². The summed E-state index contributed by atoms with van der Waals surface area (Å²) < 4.78 is 6.74. The summed E-state index contributed by atoms with van der Waals surface area (Å²) in [4.78, 5) is 9.28. The highest BCUT2D eigenvalue weighted by molar-refractivity contribution is 6.01. The van der Waals surface area contributed by atoms with Gasteiger partial charge in [-0.3, -0.25) is 4.99 Å². The summed E-state index contributed by atoms with van der Waals surface area (Å²) in [5, 5.41) is 2.29. The molecule has 0 amide bonds. The van der Waals surface area contributed by atoms with Gasteiger partial charge in [0.1, 0.15) is 11.4 Å². The van der Waals surface area contributed by atoms with Gasteiger partial charge in [0.15, 0.2) is 0 Å². The Hall–Kier alpha value is -3.01.